The first-order valence-corrected chi connectivity index (χ1v) is 10.1. The van der Waals surface area contributed by atoms with E-state index >= 15 is 0 Å². The molecule has 0 saturated carbocycles. The van der Waals surface area contributed by atoms with Gasteiger partial charge in [0.05, 0.1) is 12.2 Å². The lowest BCUT2D eigenvalue weighted by molar-refractivity contribution is -0.122. The minimum Gasteiger partial charge on any atom is -0.486 e. The van der Waals surface area contributed by atoms with Gasteiger partial charge < -0.3 is 10.1 Å². The van der Waals surface area contributed by atoms with Crippen LogP contribution in [0.4, 0.5) is 4.39 Å². The molecule has 0 spiro atoms. The number of carbonyl (C=O) groups is 1. The van der Waals surface area contributed by atoms with Gasteiger partial charge >= 0.3 is 0 Å². The molecule has 28 heavy (non-hydrogen) atoms. The number of piperazine rings is 1. The number of halogens is 1. The summed E-state index contributed by atoms with van der Waals surface area (Å²) in [5.74, 6) is 0.395. The molecule has 3 rings (SSSR count). The molecule has 1 aromatic heterocycles. The van der Waals surface area contributed by atoms with Gasteiger partial charge in [0.2, 0.25) is 5.91 Å². The fourth-order valence-electron chi connectivity index (χ4n) is 2.94. The van der Waals surface area contributed by atoms with E-state index in [1.807, 2.05) is 0 Å². The van der Waals surface area contributed by atoms with Gasteiger partial charge in [0.25, 0.3) is 0 Å². The van der Waals surface area contributed by atoms with Gasteiger partial charge in [-0.3, -0.25) is 14.6 Å². The molecule has 1 saturated heterocycles. The van der Waals surface area contributed by atoms with Crippen molar-refractivity contribution in [2.45, 2.75) is 13.2 Å². The molecule has 0 aliphatic carbocycles. The largest absolute Gasteiger partial charge is 0.486 e. The third-order valence-corrected chi connectivity index (χ3v) is 5.31. The van der Waals surface area contributed by atoms with Crippen molar-refractivity contribution in [3.8, 4) is 5.75 Å². The highest BCUT2D eigenvalue weighted by Crippen LogP contribution is 2.17. The number of rotatable bonds is 9. The van der Waals surface area contributed by atoms with E-state index in [-0.39, 0.29) is 11.7 Å². The Kier molecular flexibility index (Phi) is 7.53. The topological polar surface area (TPSA) is 57.7 Å². The minimum absolute atomic E-state index is 0.0404. The van der Waals surface area contributed by atoms with Crippen LogP contribution in [0.2, 0.25) is 0 Å². The van der Waals surface area contributed by atoms with Crippen LogP contribution in [0.5, 0.6) is 5.75 Å². The Labute approximate surface area is 168 Å². The molecule has 1 aliphatic heterocycles. The van der Waals surface area contributed by atoms with E-state index in [1.54, 1.807) is 29.5 Å². The second kappa shape index (κ2) is 10.3. The van der Waals surface area contributed by atoms with Crippen LogP contribution < -0.4 is 10.1 Å². The summed E-state index contributed by atoms with van der Waals surface area (Å²) in [7, 11) is 0. The van der Waals surface area contributed by atoms with E-state index in [1.165, 1.54) is 12.1 Å². The van der Waals surface area contributed by atoms with Crippen LogP contribution in [0.3, 0.4) is 0 Å². The highest BCUT2D eigenvalue weighted by Gasteiger charge is 2.19. The second-order valence-corrected chi connectivity index (χ2v) is 7.56. The average Bonchev–Trinajstić information content (AvgIpc) is 3.15. The lowest BCUT2D eigenvalue weighted by atomic mass is 10.3. The van der Waals surface area contributed by atoms with Crippen LogP contribution in [-0.2, 0) is 17.9 Å². The third-order valence-electron chi connectivity index (χ3n) is 4.44. The summed E-state index contributed by atoms with van der Waals surface area (Å²) in [4.78, 5) is 20.9. The van der Waals surface area contributed by atoms with Gasteiger partial charge in [-0.05, 0) is 24.3 Å². The van der Waals surface area contributed by atoms with Gasteiger partial charge in [0, 0.05) is 44.6 Å². The van der Waals surface area contributed by atoms with Crippen molar-refractivity contribution in [2.75, 3.05) is 39.3 Å². The molecule has 8 heteroatoms. The summed E-state index contributed by atoms with van der Waals surface area (Å²) < 4.78 is 18.6. The predicted octanol–water partition coefficient (Wildman–Crippen LogP) is 2.28. The predicted molar refractivity (Wildman–Crippen MR) is 108 cm³/mol. The van der Waals surface area contributed by atoms with Gasteiger partial charge in [0.1, 0.15) is 23.2 Å². The maximum atomic E-state index is 12.9. The summed E-state index contributed by atoms with van der Waals surface area (Å²) in [5.41, 5.74) is 1.03. The van der Waals surface area contributed by atoms with Crippen molar-refractivity contribution < 1.29 is 13.9 Å². The summed E-state index contributed by atoms with van der Waals surface area (Å²) in [5, 5.41) is 5.76. The van der Waals surface area contributed by atoms with E-state index in [9.17, 15) is 9.18 Å². The molecule has 2 heterocycles. The lowest BCUT2D eigenvalue weighted by Crippen LogP contribution is -2.49. The number of amides is 1. The van der Waals surface area contributed by atoms with Gasteiger partial charge in [-0.2, -0.15) is 0 Å². The standard InChI is InChI=1S/C20H25FN4O2S/c1-2-7-22-19(26)13-25-10-8-24(9-11-25)12-17-15-28-20(23-17)14-27-18-5-3-16(21)4-6-18/h2-6,15H,1,7-14H2,(H,22,26). The number of ether oxygens (including phenoxy) is 1. The van der Waals surface area contributed by atoms with E-state index in [0.717, 1.165) is 43.4 Å². The lowest BCUT2D eigenvalue weighted by Gasteiger charge is -2.33. The number of nitrogens with zero attached hydrogens (tertiary/aromatic N) is 3. The molecule has 1 aliphatic rings. The molecule has 6 nitrogen and oxygen atoms in total. The van der Waals surface area contributed by atoms with Crippen LogP contribution in [0, 0.1) is 5.82 Å². The molecule has 0 radical (unpaired) electrons. The van der Waals surface area contributed by atoms with Crippen molar-refractivity contribution >= 4 is 17.2 Å². The first-order chi connectivity index (χ1) is 13.6. The van der Waals surface area contributed by atoms with Crippen molar-refractivity contribution in [3.63, 3.8) is 0 Å². The van der Waals surface area contributed by atoms with Crippen molar-refractivity contribution in [2.24, 2.45) is 0 Å². The Bertz CT molecular complexity index is 773. The van der Waals surface area contributed by atoms with E-state index in [4.69, 9.17) is 4.74 Å². The number of benzene rings is 1. The molecule has 1 N–H and O–H groups in total. The molecular weight excluding hydrogens is 379 g/mol. The Morgan fingerprint density at radius 1 is 1.25 bits per heavy atom. The zero-order chi connectivity index (χ0) is 19.8. The van der Waals surface area contributed by atoms with Crippen molar-refractivity contribution in [1.29, 1.82) is 0 Å². The van der Waals surface area contributed by atoms with Gasteiger partial charge in [0.15, 0.2) is 0 Å². The van der Waals surface area contributed by atoms with Gasteiger partial charge in [-0.15, -0.1) is 17.9 Å². The number of hydrogen-bond acceptors (Lipinski definition) is 6. The molecule has 1 amide bonds. The Morgan fingerprint density at radius 2 is 1.96 bits per heavy atom. The van der Waals surface area contributed by atoms with Crippen LogP contribution in [0.25, 0.3) is 0 Å². The first-order valence-electron chi connectivity index (χ1n) is 9.26. The number of carbonyl (C=O) groups excluding carboxylic acids is 1. The fraction of sp³-hybridized carbons (Fsp3) is 0.400. The van der Waals surface area contributed by atoms with Gasteiger partial charge in [-0.25, -0.2) is 9.37 Å². The SMILES string of the molecule is C=CCNC(=O)CN1CCN(Cc2csc(COc3ccc(F)cc3)n2)CC1. The minimum atomic E-state index is -0.277. The molecule has 150 valence electrons. The van der Waals surface area contributed by atoms with Crippen LogP contribution in [0.1, 0.15) is 10.7 Å². The maximum Gasteiger partial charge on any atom is 0.234 e. The maximum absolute atomic E-state index is 12.9. The highest BCUT2D eigenvalue weighted by atomic mass is 32.1. The summed E-state index contributed by atoms with van der Waals surface area (Å²) in [6, 6.07) is 5.98. The van der Waals surface area contributed by atoms with E-state index in [2.05, 4.69) is 32.1 Å². The van der Waals surface area contributed by atoms with E-state index < -0.39 is 0 Å². The van der Waals surface area contributed by atoms with Crippen molar-refractivity contribution in [1.82, 2.24) is 20.1 Å². The second-order valence-electron chi connectivity index (χ2n) is 6.62. The number of aromatic nitrogens is 1. The molecule has 1 aromatic carbocycles. The molecule has 2 aromatic rings. The summed E-state index contributed by atoms with van der Waals surface area (Å²) in [6.07, 6.45) is 1.68. The Hall–Kier alpha value is -2.29. The normalized spacial score (nSPS) is 15.3. The van der Waals surface area contributed by atoms with Crippen LogP contribution >= 0.6 is 11.3 Å². The Balaban J connectivity index is 1.39. The molecule has 0 atom stereocenters. The molecular formula is C20H25FN4O2S. The number of nitrogens with one attached hydrogen (secondary N) is 1. The monoisotopic (exact) mass is 404 g/mol. The average molecular weight is 405 g/mol. The zero-order valence-electron chi connectivity index (χ0n) is 15.8. The summed E-state index contributed by atoms with van der Waals surface area (Å²) in [6.45, 7) is 9.27. The highest BCUT2D eigenvalue weighted by molar-refractivity contribution is 7.09. The van der Waals surface area contributed by atoms with Crippen LogP contribution in [-0.4, -0.2) is 60.0 Å². The van der Waals surface area contributed by atoms with Crippen molar-refractivity contribution in [3.05, 3.63) is 58.8 Å². The zero-order valence-corrected chi connectivity index (χ0v) is 16.6. The smallest absolute Gasteiger partial charge is 0.234 e. The third kappa shape index (κ3) is 6.40. The summed E-state index contributed by atoms with van der Waals surface area (Å²) >= 11 is 1.57. The number of thiazole rings is 1. The molecule has 0 unspecified atom stereocenters. The quantitative estimate of drug-likeness (QED) is 0.650. The first kappa shape index (κ1) is 20.4. The Morgan fingerprint density at radius 3 is 2.68 bits per heavy atom. The fourth-order valence-corrected chi connectivity index (χ4v) is 3.64. The number of hydrogen-bond donors (Lipinski definition) is 1. The van der Waals surface area contributed by atoms with Gasteiger partial charge in [-0.1, -0.05) is 6.08 Å². The van der Waals surface area contributed by atoms with E-state index in [0.29, 0.717) is 25.4 Å². The molecule has 1 fully saturated rings. The van der Waals surface area contributed by atoms with Crippen LogP contribution in [0.15, 0.2) is 42.3 Å². The molecule has 0 bridgehead atoms.